The summed E-state index contributed by atoms with van der Waals surface area (Å²) in [6, 6.07) is 0. The van der Waals surface area contributed by atoms with E-state index in [4.69, 9.17) is 13.9 Å². The van der Waals surface area contributed by atoms with E-state index in [0.29, 0.717) is 40.4 Å². The van der Waals surface area contributed by atoms with Gasteiger partial charge in [-0.1, -0.05) is 52.7 Å². The molecule has 0 aromatic rings. The molecule has 3 saturated carbocycles. The summed E-state index contributed by atoms with van der Waals surface area (Å²) in [5.41, 5.74) is 4.05. The predicted molar refractivity (Wildman–Crippen MR) is 154 cm³/mol. The van der Waals surface area contributed by atoms with Crippen LogP contribution < -0.4 is 0 Å². The van der Waals surface area contributed by atoms with E-state index in [1.165, 1.54) is 51.4 Å². The molecular weight excluding hydrogens is 472 g/mol. The first-order valence-corrected chi connectivity index (χ1v) is 18.9. The van der Waals surface area contributed by atoms with E-state index in [9.17, 15) is 0 Å². The van der Waals surface area contributed by atoms with Crippen molar-refractivity contribution in [2.45, 2.75) is 142 Å². The smallest absolute Gasteiger partial charge is 0.192 e. The fourth-order valence-corrected chi connectivity index (χ4v) is 11.5. The summed E-state index contributed by atoms with van der Waals surface area (Å²) in [6.07, 6.45) is 12.6. The molecule has 11 atom stereocenters. The fraction of sp³-hybridized carbons (Fsp3) is 0.939. The molecule has 6 aliphatic rings. The Balaban J connectivity index is 1.20. The number of hydrogen-bond acceptors (Lipinski definition) is 3. The maximum atomic E-state index is 6.98. The molecule has 37 heavy (non-hydrogen) atoms. The van der Waals surface area contributed by atoms with Crippen LogP contribution in [0.4, 0.5) is 0 Å². The first-order chi connectivity index (χ1) is 17.3. The summed E-state index contributed by atoms with van der Waals surface area (Å²) in [5, 5.41) is 0.299. The molecule has 0 aromatic carbocycles. The standard InChI is InChI=1S/C33H56O3Si/c1-20-12-15-33(34-19-20)22(3)30-21(2)26-17-28-25(27(26)18-29(30)35-33)11-10-23-16-24(13-14-32(23,28)7)36-37(8,9)31(4,5)6/h20,22-25,27-30H,10-19H2,1-9H3/t20-,22+,23+,24+,25+,27+,28+,29+,30+,32+,33-/m1/s1. The molecule has 2 saturated heterocycles. The zero-order chi connectivity index (χ0) is 26.5. The van der Waals surface area contributed by atoms with Crippen molar-refractivity contribution < 1.29 is 13.9 Å². The van der Waals surface area contributed by atoms with Gasteiger partial charge in [0.1, 0.15) is 0 Å². The van der Waals surface area contributed by atoms with Crippen molar-refractivity contribution in [2.24, 2.45) is 46.8 Å². The summed E-state index contributed by atoms with van der Waals surface area (Å²) < 4.78 is 20.5. The summed E-state index contributed by atoms with van der Waals surface area (Å²) >= 11 is 0. The molecule has 2 heterocycles. The Morgan fingerprint density at radius 2 is 1.76 bits per heavy atom. The van der Waals surface area contributed by atoms with Gasteiger partial charge in [0.05, 0.1) is 12.7 Å². The van der Waals surface area contributed by atoms with E-state index in [0.717, 1.165) is 36.7 Å². The van der Waals surface area contributed by atoms with Crippen LogP contribution in [0.5, 0.6) is 0 Å². The molecule has 0 radical (unpaired) electrons. The van der Waals surface area contributed by atoms with E-state index in [1.807, 2.05) is 5.57 Å². The molecule has 1 spiro atoms. The van der Waals surface area contributed by atoms with Crippen molar-refractivity contribution in [3.63, 3.8) is 0 Å². The van der Waals surface area contributed by atoms with E-state index >= 15 is 0 Å². The number of allylic oxidation sites excluding steroid dienone is 1. The fourth-order valence-electron chi connectivity index (χ4n) is 10.1. The molecule has 0 N–H and O–H groups in total. The van der Waals surface area contributed by atoms with Gasteiger partial charge in [-0.05, 0) is 111 Å². The first kappa shape index (κ1) is 27.0. The van der Waals surface area contributed by atoms with Crippen LogP contribution in [-0.4, -0.2) is 32.9 Å². The van der Waals surface area contributed by atoms with Crippen LogP contribution in [0.2, 0.25) is 18.1 Å². The highest BCUT2D eigenvalue weighted by molar-refractivity contribution is 6.74. The Kier molecular flexibility index (Phi) is 6.51. The first-order valence-electron chi connectivity index (χ1n) is 15.9. The third-order valence-corrected chi connectivity index (χ3v) is 18.0. The number of fused-ring (bicyclic) bond motifs is 6. The van der Waals surface area contributed by atoms with Gasteiger partial charge in [-0.2, -0.15) is 0 Å². The molecule has 3 nitrogen and oxygen atoms in total. The van der Waals surface area contributed by atoms with Gasteiger partial charge in [0, 0.05) is 24.4 Å². The number of hydrogen-bond donors (Lipinski definition) is 0. The van der Waals surface area contributed by atoms with Gasteiger partial charge in [0.25, 0.3) is 0 Å². The second-order valence-corrected chi connectivity index (χ2v) is 21.1. The summed E-state index contributed by atoms with van der Waals surface area (Å²) in [7, 11) is -1.71. The molecule has 5 fully saturated rings. The van der Waals surface area contributed by atoms with Crippen LogP contribution in [0.1, 0.15) is 106 Å². The molecular formula is C33H56O3Si. The van der Waals surface area contributed by atoms with E-state index < -0.39 is 8.32 Å². The quantitative estimate of drug-likeness (QED) is 0.265. The molecule has 0 amide bonds. The van der Waals surface area contributed by atoms with Gasteiger partial charge in [-0.15, -0.1) is 0 Å². The Bertz CT molecular complexity index is 924. The molecule has 6 rings (SSSR count). The minimum Gasteiger partial charge on any atom is -0.414 e. The lowest BCUT2D eigenvalue weighted by Crippen LogP contribution is -2.51. The number of ether oxygens (including phenoxy) is 2. The average Bonchev–Trinajstić information content (AvgIpc) is 3.32. The lowest BCUT2D eigenvalue weighted by Gasteiger charge is -2.55. The minimum atomic E-state index is -1.71. The van der Waals surface area contributed by atoms with E-state index in [1.54, 1.807) is 5.57 Å². The molecule has 210 valence electrons. The van der Waals surface area contributed by atoms with Gasteiger partial charge in [-0.3, -0.25) is 0 Å². The molecule has 0 aromatic heterocycles. The van der Waals surface area contributed by atoms with Crippen molar-refractivity contribution in [3.8, 4) is 0 Å². The third-order valence-electron chi connectivity index (χ3n) is 13.4. The molecule has 2 aliphatic heterocycles. The predicted octanol–water partition coefficient (Wildman–Crippen LogP) is 8.74. The highest BCUT2D eigenvalue weighted by Gasteiger charge is 2.62. The lowest BCUT2D eigenvalue weighted by atomic mass is 9.52. The van der Waals surface area contributed by atoms with Gasteiger partial charge >= 0.3 is 0 Å². The van der Waals surface area contributed by atoms with Crippen molar-refractivity contribution in [3.05, 3.63) is 11.1 Å². The van der Waals surface area contributed by atoms with Crippen LogP contribution in [0.15, 0.2) is 11.1 Å². The Labute approximate surface area is 229 Å². The van der Waals surface area contributed by atoms with Crippen LogP contribution in [0.25, 0.3) is 0 Å². The lowest BCUT2D eigenvalue weighted by molar-refractivity contribution is -0.270. The minimum absolute atomic E-state index is 0.299. The summed E-state index contributed by atoms with van der Waals surface area (Å²) in [6.45, 7) is 22.8. The Hall–Kier alpha value is -0.163. The maximum absolute atomic E-state index is 6.98. The Morgan fingerprint density at radius 3 is 2.43 bits per heavy atom. The van der Waals surface area contributed by atoms with Gasteiger partial charge in [-0.25, -0.2) is 0 Å². The van der Waals surface area contributed by atoms with Crippen molar-refractivity contribution in [1.82, 2.24) is 0 Å². The summed E-state index contributed by atoms with van der Waals surface area (Å²) in [4.78, 5) is 0. The van der Waals surface area contributed by atoms with Crippen molar-refractivity contribution >= 4 is 8.32 Å². The average molecular weight is 529 g/mol. The zero-order valence-electron chi connectivity index (χ0n) is 25.5. The van der Waals surface area contributed by atoms with Crippen molar-refractivity contribution in [1.29, 1.82) is 0 Å². The second-order valence-electron chi connectivity index (χ2n) is 16.3. The maximum Gasteiger partial charge on any atom is 0.192 e. The summed E-state index contributed by atoms with van der Waals surface area (Å²) in [5.74, 6) is 4.74. The molecule has 0 unspecified atom stereocenters. The van der Waals surface area contributed by atoms with Gasteiger partial charge in [0.2, 0.25) is 0 Å². The molecule has 4 aliphatic carbocycles. The molecule has 4 heteroatoms. The second kappa shape index (κ2) is 8.92. The van der Waals surface area contributed by atoms with E-state index in [2.05, 4.69) is 61.6 Å². The topological polar surface area (TPSA) is 27.7 Å². The van der Waals surface area contributed by atoms with Gasteiger partial charge < -0.3 is 13.9 Å². The normalized spacial score (nSPS) is 50.0. The number of rotatable bonds is 2. The largest absolute Gasteiger partial charge is 0.414 e. The molecule has 0 bridgehead atoms. The van der Waals surface area contributed by atoms with Crippen LogP contribution in [0.3, 0.4) is 0 Å². The van der Waals surface area contributed by atoms with Crippen LogP contribution >= 0.6 is 0 Å². The SMILES string of the molecule is CC1=C2C[C@H]3[C@@H](CC[C@H]4C[C@@H](O[Si](C)(C)C(C)(C)C)CC[C@@]43C)[C@@H]2C[C@@H]2O[C@]3(CC[C@@H](C)CO3)[C@@H](C)[C@H]12. The van der Waals surface area contributed by atoms with Crippen LogP contribution in [-0.2, 0) is 13.9 Å². The van der Waals surface area contributed by atoms with Crippen LogP contribution in [0, 0.1) is 46.8 Å². The Morgan fingerprint density at radius 1 is 1.00 bits per heavy atom. The zero-order valence-corrected chi connectivity index (χ0v) is 26.5. The monoisotopic (exact) mass is 528 g/mol. The van der Waals surface area contributed by atoms with Crippen molar-refractivity contribution in [2.75, 3.05) is 6.61 Å². The highest BCUT2D eigenvalue weighted by Crippen LogP contribution is 2.67. The highest BCUT2D eigenvalue weighted by atomic mass is 28.4. The van der Waals surface area contributed by atoms with E-state index in [-0.39, 0.29) is 5.79 Å². The van der Waals surface area contributed by atoms with Gasteiger partial charge in [0.15, 0.2) is 14.1 Å². The third kappa shape index (κ3) is 4.12.